The summed E-state index contributed by atoms with van der Waals surface area (Å²) in [5, 5.41) is 0. The lowest BCUT2D eigenvalue weighted by molar-refractivity contribution is 0.627. The fourth-order valence-corrected chi connectivity index (χ4v) is 2.04. The van der Waals surface area contributed by atoms with Crippen molar-refractivity contribution in [3.63, 3.8) is 0 Å². The van der Waals surface area contributed by atoms with Crippen molar-refractivity contribution in [3.05, 3.63) is 54.0 Å². The third-order valence-corrected chi connectivity index (χ3v) is 3.13. The van der Waals surface area contributed by atoms with Crippen LogP contribution in [0.4, 0.5) is 10.2 Å². The van der Waals surface area contributed by atoms with Crippen molar-refractivity contribution in [2.75, 3.05) is 5.73 Å². The molecule has 0 fully saturated rings. The zero-order chi connectivity index (χ0) is 11.4. The van der Waals surface area contributed by atoms with Crippen LogP contribution in [0.5, 0.6) is 0 Å². The van der Waals surface area contributed by atoms with Crippen LogP contribution in [-0.2, 0) is 5.75 Å². The molecule has 0 spiro atoms. The van der Waals surface area contributed by atoms with E-state index in [1.165, 1.54) is 12.1 Å². The maximum Gasteiger partial charge on any atom is 0.123 e. The van der Waals surface area contributed by atoms with Gasteiger partial charge in [-0.1, -0.05) is 12.1 Å². The molecule has 0 bridgehead atoms. The van der Waals surface area contributed by atoms with E-state index in [9.17, 15) is 4.39 Å². The predicted octanol–water partition coefficient (Wildman–Crippen LogP) is 3.10. The molecule has 0 radical (unpaired) electrons. The second kappa shape index (κ2) is 4.99. The first-order valence-corrected chi connectivity index (χ1v) is 5.81. The normalized spacial score (nSPS) is 10.3. The van der Waals surface area contributed by atoms with Crippen LogP contribution in [0.3, 0.4) is 0 Å². The molecule has 2 rings (SSSR count). The number of rotatable bonds is 3. The molecule has 0 saturated carbocycles. The van der Waals surface area contributed by atoms with Crippen LogP contribution < -0.4 is 5.73 Å². The summed E-state index contributed by atoms with van der Waals surface area (Å²) in [7, 11) is 0. The van der Waals surface area contributed by atoms with Gasteiger partial charge in [-0.25, -0.2) is 9.37 Å². The molecule has 2 nitrogen and oxygen atoms in total. The fraction of sp³-hybridized carbons (Fsp3) is 0.0833. The first-order chi connectivity index (χ1) is 7.74. The average Bonchev–Trinajstić information content (AvgIpc) is 2.30. The maximum absolute atomic E-state index is 12.7. The van der Waals surface area contributed by atoms with E-state index < -0.39 is 0 Å². The Kier molecular flexibility index (Phi) is 3.41. The summed E-state index contributed by atoms with van der Waals surface area (Å²) >= 11 is 1.65. The van der Waals surface area contributed by atoms with Crippen LogP contribution in [0.25, 0.3) is 0 Å². The van der Waals surface area contributed by atoms with Gasteiger partial charge in [-0.05, 0) is 29.8 Å². The smallest absolute Gasteiger partial charge is 0.123 e. The van der Waals surface area contributed by atoms with Crippen LogP contribution >= 0.6 is 11.8 Å². The summed E-state index contributed by atoms with van der Waals surface area (Å²) in [6.07, 6.45) is 1.74. The van der Waals surface area contributed by atoms with Gasteiger partial charge >= 0.3 is 0 Å². The number of nitrogen functional groups attached to an aromatic ring is 1. The SMILES string of the molecule is Nc1ccc(SCc2ccc(F)cc2)cn1. The summed E-state index contributed by atoms with van der Waals surface area (Å²) in [5.41, 5.74) is 6.57. The van der Waals surface area contributed by atoms with Gasteiger partial charge in [0.15, 0.2) is 0 Å². The molecule has 1 aromatic carbocycles. The van der Waals surface area contributed by atoms with Crippen molar-refractivity contribution < 1.29 is 4.39 Å². The Morgan fingerprint density at radius 1 is 1.12 bits per heavy atom. The Morgan fingerprint density at radius 2 is 1.88 bits per heavy atom. The minimum Gasteiger partial charge on any atom is -0.384 e. The third-order valence-electron chi connectivity index (χ3n) is 2.08. The predicted molar refractivity (Wildman–Crippen MR) is 64.6 cm³/mol. The molecular formula is C12H11FN2S. The molecule has 0 aliphatic heterocycles. The number of nitrogens with zero attached hydrogens (tertiary/aromatic N) is 1. The largest absolute Gasteiger partial charge is 0.384 e. The first kappa shape index (κ1) is 11.0. The molecule has 0 unspecified atom stereocenters. The van der Waals surface area contributed by atoms with E-state index in [0.29, 0.717) is 5.82 Å². The van der Waals surface area contributed by atoms with Gasteiger partial charge in [0, 0.05) is 16.8 Å². The van der Waals surface area contributed by atoms with E-state index in [-0.39, 0.29) is 5.82 Å². The second-order valence-corrected chi connectivity index (χ2v) is 4.38. The van der Waals surface area contributed by atoms with Crippen LogP contribution in [0, 0.1) is 5.82 Å². The van der Waals surface area contributed by atoms with E-state index in [1.807, 2.05) is 6.07 Å². The highest BCUT2D eigenvalue weighted by atomic mass is 32.2. The zero-order valence-corrected chi connectivity index (χ0v) is 9.38. The molecule has 1 aromatic heterocycles. The van der Waals surface area contributed by atoms with Crippen molar-refractivity contribution in [1.29, 1.82) is 0 Å². The highest BCUT2D eigenvalue weighted by Gasteiger charge is 1.97. The Labute approximate surface area is 97.7 Å². The molecule has 0 amide bonds. The topological polar surface area (TPSA) is 38.9 Å². The molecule has 2 aromatic rings. The first-order valence-electron chi connectivity index (χ1n) is 4.83. The Balaban J connectivity index is 1.97. The second-order valence-electron chi connectivity index (χ2n) is 3.33. The maximum atomic E-state index is 12.7. The van der Waals surface area contributed by atoms with E-state index in [2.05, 4.69) is 4.98 Å². The lowest BCUT2D eigenvalue weighted by Gasteiger charge is -2.01. The monoisotopic (exact) mass is 234 g/mol. The van der Waals surface area contributed by atoms with E-state index >= 15 is 0 Å². The molecular weight excluding hydrogens is 223 g/mol. The van der Waals surface area contributed by atoms with Gasteiger partial charge in [0.2, 0.25) is 0 Å². The van der Waals surface area contributed by atoms with Gasteiger partial charge < -0.3 is 5.73 Å². The number of hydrogen-bond acceptors (Lipinski definition) is 3. The minimum absolute atomic E-state index is 0.206. The van der Waals surface area contributed by atoms with Gasteiger partial charge in [0.25, 0.3) is 0 Å². The number of aromatic nitrogens is 1. The standard InChI is InChI=1S/C12H11FN2S/c13-10-3-1-9(2-4-10)8-16-11-5-6-12(14)15-7-11/h1-7H,8H2,(H2,14,15). The van der Waals surface area contributed by atoms with Crippen molar-refractivity contribution in [3.8, 4) is 0 Å². The average molecular weight is 234 g/mol. The van der Waals surface area contributed by atoms with Crippen LogP contribution in [0.1, 0.15) is 5.56 Å². The summed E-state index contributed by atoms with van der Waals surface area (Å²) in [6.45, 7) is 0. The molecule has 1 heterocycles. The number of halogens is 1. The quantitative estimate of drug-likeness (QED) is 0.829. The van der Waals surface area contributed by atoms with Gasteiger partial charge in [0.05, 0.1) is 0 Å². The number of benzene rings is 1. The molecule has 2 N–H and O–H groups in total. The van der Waals surface area contributed by atoms with Gasteiger partial charge in [-0.15, -0.1) is 11.8 Å². The third kappa shape index (κ3) is 2.97. The number of pyridine rings is 1. The lowest BCUT2D eigenvalue weighted by Crippen LogP contribution is -1.88. The summed E-state index contributed by atoms with van der Waals surface area (Å²) in [4.78, 5) is 5.06. The van der Waals surface area contributed by atoms with Crippen molar-refractivity contribution in [1.82, 2.24) is 4.98 Å². The van der Waals surface area contributed by atoms with Gasteiger partial charge in [-0.2, -0.15) is 0 Å². The lowest BCUT2D eigenvalue weighted by atomic mass is 10.2. The number of thioether (sulfide) groups is 1. The minimum atomic E-state index is -0.206. The number of hydrogen-bond donors (Lipinski definition) is 1. The highest BCUT2D eigenvalue weighted by Crippen LogP contribution is 2.22. The molecule has 16 heavy (non-hydrogen) atoms. The summed E-state index contributed by atoms with van der Waals surface area (Å²) in [5.74, 6) is 1.11. The molecule has 0 atom stereocenters. The Bertz CT molecular complexity index is 408. The Morgan fingerprint density at radius 3 is 2.50 bits per heavy atom. The number of anilines is 1. The Hall–Kier alpha value is -1.55. The summed E-state index contributed by atoms with van der Waals surface area (Å²) in [6, 6.07) is 10.2. The zero-order valence-electron chi connectivity index (χ0n) is 8.56. The van der Waals surface area contributed by atoms with Gasteiger partial charge in [0.1, 0.15) is 11.6 Å². The molecule has 4 heteroatoms. The molecule has 0 aliphatic rings. The van der Waals surface area contributed by atoms with Crippen molar-refractivity contribution >= 4 is 17.6 Å². The van der Waals surface area contributed by atoms with Crippen LogP contribution in [0.2, 0.25) is 0 Å². The number of nitrogens with two attached hydrogens (primary N) is 1. The van der Waals surface area contributed by atoms with Crippen LogP contribution in [-0.4, -0.2) is 4.98 Å². The fourth-order valence-electron chi connectivity index (χ4n) is 1.22. The van der Waals surface area contributed by atoms with E-state index in [4.69, 9.17) is 5.73 Å². The van der Waals surface area contributed by atoms with Crippen molar-refractivity contribution in [2.45, 2.75) is 10.6 Å². The van der Waals surface area contributed by atoms with Crippen LogP contribution in [0.15, 0.2) is 47.5 Å². The van der Waals surface area contributed by atoms with E-state index in [1.54, 1.807) is 36.2 Å². The molecule has 0 saturated heterocycles. The summed E-state index contributed by atoms with van der Waals surface area (Å²) < 4.78 is 12.7. The van der Waals surface area contributed by atoms with E-state index in [0.717, 1.165) is 16.2 Å². The molecule has 0 aliphatic carbocycles. The molecule has 82 valence electrons. The van der Waals surface area contributed by atoms with Gasteiger partial charge in [-0.3, -0.25) is 0 Å². The highest BCUT2D eigenvalue weighted by molar-refractivity contribution is 7.98. The van der Waals surface area contributed by atoms with Crippen molar-refractivity contribution in [2.24, 2.45) is 0 Å².